The Kier molecular flexibility index (Phi) is 5.13. The number of nitrogens with zero attached hydrogens (tertiary/aromatic N) is 2. The minimum Gasteiger partial charge on any atom is -0.325 e. The summed E-state index contributed by atoms with van der Waals surface area (Å²) >= 11 is 1.33. The summed E-state index contributed by atoms with van der Waals surface area (Å²) in [5, 5.41) is 3.28. The van der Waals surface area contributed by atoms with Gasteiger partial charge >= 0.3 is 5.69 Å². The predicted octanol–water partition coefficient (Wildman–Crippen LogP) is 3.78. The van der Waals surface area contributed by atoms with Gasteiger partial charge in [0.05, 0.1) is 11.1 Å². The zero-order valence-electron chi connectivity index (χ0n) is 16.9. The second kappa shape index (κ2) is 7.76. The summed E-state index contributed by atoms with van der Waals surface area (Å²) in [6.07, 6.45) is 0. The summed E-state index contributed by atoms with van der Waals surface area (Å²) < 4.78 is 2.50. The molecule has 6 nitrogen and oxygen atoms in total. The lowest BCUT2D eigenvalue weighted by atomic mass is 10.1. The van der Waals surface area contributed by atoms with E-state index >= 15 is 0 Å². The fourth-order valence-corrected chi connectivity index (χ4v) is 4.37. The highest BCUT2D eigenvalue weighted by Gasteiger charge is 2.18. The molecule has 7 heteroatoms. The molecule has 0 spiro atoms. The molecule has 2 heterocycles. The highest BCUT2D eigenvalue weighted by Crippen LogP contribution is 2.22. The molecule has 2 aromatic carbocycles. The number of carbonyl (C=O) groups is 1. The van der Waals surface area contributed by atoms with E-state index in [2.05, 4.69) is 5.32 Å². The molecule has 0 aliphatic carbocycles. The summed E-state index contributed by atoms with van der Waals surface area (Å²) in [5.74, 6) is -0.328. The number of hydrogen-bond donors (Lipinski definition) is 1. The summed E-state index contributed by atoms with van der Waals surface area (Å²) in [4.78, 5) is 40.4. The van der Waals surface area contributed by atoms with E-state index in [9.17, 15) is 14.4 Å². The third kappa shape index (κ3) is 3.59. The Labute approximate surface area is 177 Å². The molecule has 0 bridgehead atoms. The van der Waals surface area contributed by atoms with Crippen molar-refractivity contribution < 1.29 is 4.79 Å². The van der Waals surface area contributed by atoms with E-state index in [-0.39, 0.29) is 18.0 Å². The van der Waals surface area contributed by atoms with Crippen molar-refractivity contribution >= 4 is 33.1 Å². The lowest BCUT2D eigenvalue weighted by molar-refractivity contribution is -0.116. The molecule has 0 radical (unpaired) electrons. The van der Waals surface area contributed by atoms with Gasteiger partial charge in [0.2, 0.25) is 5.91 Å². The van der Waals surface area contributed by atoms with Crippen molar-refractivity contribution in [3.63, 3.8) is 0 Å². The fraction of sp³-hybridized carbons (Fsp3) is 0.174. The Hall–Kier alpha value is -3.45. The molecule has 0 unspecified atom stereocenters. The van der Waals surface area contributed by atoms with Crippen molar-refractivity contribution in [1.82, 2.24) is 9.13 Å². The highest BCUT2D eigenvalue weighted by atomic mass is 32.1. The van der Waals surface area contributed by atoms with E-state index in [0.717, 1.165) is 20.6 Å². The van der Waals surface area contributed by atoms with Crippen LogP contribution in [-0.4, -0.2) is 15.0 Å². The second-order valence-electron chi connectivity index (χ2n) is 7.27. The fourth-order valence-electron chi connectivity index (χ4n) is 3.38. The number of aryl methyl sites for hydroxylation is 3. The van der Waals surface area contributed by atoms with Crippen molar-refractivity contribution in [2.75, 3.05) is 5.32 Å². The number of benzene rings is 2. The maximum absolute atomic E-state index is 13.3. The zero-order valence-corrected chi connectivity index (χ0v) is 17.7. The molecule has 1 N–H and O–H groups in total. The summed E-state index contributed by atoms with van der Waals surface area (Å²) in [6.45, 7) is 5.67. The standard InChI is InChI=1S/C23H21N3O3S/c1-14-9-10-17(11-15(14)2)24-20(27)13-25-22-19(12-16(3)30-22)21(28)26(23(25)29)18-7-5-4-6-8-18/h4-12H,13H2,1-3H3,(H,24,27). The molecule has 0 fully saturated rings. The van der Waals surface area contributed by atoms with Crippen LogP contribution >= 0.6 is 11.3 Å². The normalized spacial score (nSPS) is 11.0. The predicted molar refractivity (Wildman–Crippen MR) is 121 cm³/mol. The minimum absolute atomic E-state index is 0.185. The first kappa shape index (κ1) is 19.8. The second-order valence-corrected chi connectivity index (χ2v) is 8.50. The number of carbonyl (C=O) groups excluding carboxylic acids is 1. The lowest BCUT2D eigenvalue weighted by Crippen LogP contribution is -2.40. The Morgan fingerprint density at radius 3 is 2.40 bits per heavy atom. The molecule has 0 aliphatic rings. The number of fused-ring (bicyclic) bond motifs is 1. The van der Waals surface area contributed by atoms with Crippen LogP contribution < -0.4 is 16.6 Å². The number of amides is 1. The topological polar surface area (TPSA) is 73.1 Å². The molecule has 1 amide bonds. The van der Waals surface area contributed by atoms with Crippen LogP contribution in [0.4, 0.5) is 5.69 Å². The van der Waals surface area contributed by atoms with Gasteiger partial charge in [-0.15, -0.1) is 11.3 Å². The Balaban J connectivity index is 1.80. The summed E-state index contributed by atoms with van der Waals surface area (Å²) in [7, 11) is 0. The molecule has 0 saturated heterocycles. The van der Waals surface area contributed by atoms with Gasteiger partial charge < -0.3 is 5.32 Å². The monoisotopic (exact) mass is 419 g/mol. The number of para-hydroxylation sites is 1. The molecule has 0 atom stereocenters. The largest absolute Gasteiger partial charge is 0.337 e. The van der Waals surface area contributed by atoms with Gasteiger partial charge in [0.1, 0.15) is 11.4 Å². The van der Waals surface area contributed by atoms with Gasteiger partial charge in [-0.25, -0.2) is 9.36 Å². The van der Waals surface area contributed by atoms with Gasteiger partial charge in [-0.1, -0.05) is 24.3 Å². The van der Waals surface area contributed by atoms with E-state index in [0.29, 0.717) is 21.6 Å². The van der Waals surface area contributed by atoms with Crippen LogP contribution in [0, 0.1) is 20.8 Å². The summed E-state index contributed by atoms with van der Waals surface area (Å²) in [6, 6.07) is 16.2. The highest BCUT2D eigenvalue weighted by molar-refractivity contribution is 7.18. The molecule has 4 aromatic rings. The molecule has 30 heavy (non-hydrogen) atoms. The number of anilines is 1. The summed E-state index contributed by atoms with van der Waals surface area (Å²) in [5.41, 5.74) is 2.44. The Morgan fingerprint density at radius 2 is 1.70 bits per heavy atom. The molecule has 152 valence electrons. The number of aromatic nitrogens is 2. The Morgan fingerprint density at radius 1 is 0.967 bits per heavy atom. The van der Waals surface area contributed by atoms with Crippen LogP contribution in [0.25, 0.3) is 15.9 Å². The van der Waals surface area contributed by atoms with Gasteiger partial charge in [-0.2, -0.15) is 0 Å². The van der Waals surface area contributed by atoms with Crippen LogP contribution in [0.5, 0.6) is 0 Å². The van der Waals surface area contributed by atoms with Crippen LogP contribution in [0.1, 0.15) is 16.0 Å². The lowest BCUT2D eigenvalue weighted by Gasteiger charge is -2.13. The molecular weight excluding hydrogens is 398 g/mol. The van der Waals surface area contributed by atoms with Crippen molar-refractivity contribution in [2.45, 2.75) is 27.3 Å². The first-order valence-electron chi connectivity index (χ1n) is 9.53. The van der Waals surface area contributed by atoms with E-state index < -0.39 is 5.69 Å². The van der Waals surface area contributed by atoms with Gasteiger partial charge in [-0.3, -0.25) is 14.2 Å². The van der Waals surface area contributed by atoms with Gasteiger partial charge in [-0.05, 0) is 62.2 Å². The van der Waals surface area contributed by atoms with Gasteiger partial charge in [0.25, 0.3) is 5.56 Å². The van der Waals surface area contributed by atoms with Crippen LogP contribution in [0.15, 0.2) is 64.2 Å². The van der Waals surface area contributed by atoms with Crippen molar-refractivity contribution in [3.05, 3.63) is 91.4 Å². The SMILES string of the molecule is Cc1cc2c(=O)n(-c3ccccc3)c(=O)n(CC(=O)Nc3ccc(C)c(C)c3)c2s1. The molecule has 0 aliphatic heterocycles. The number of rotatable bonds is 4. The molecule has 0 saturated carbocycles. The van der Waals surface area contributed by atoms with E-state index in [1.807, 2.05) is 45.0 Å². The zero-order chi connectivity index (χ0) is 21.4. The van der Waals surface area contributed by atoms with E-state index in [1.165, 1.54) is 15.9 Å². The molecule has 4 rings (SSSR count). The van der Waals surface area contributed by atoms with E-state index in [4.69, 9.17) is 0 Å². The van der Waals surface area contributed by atoms with Crippen LogP contribution in [-0.2, 0) is 11.3 Å². The maximum Gasteiger partial charge on any atom is 0.337 e. The van der Waals surface area contributed by atoms with Crippen molar-refractivity contribution in [1.29, 1.82) is 0 Å². The van der Waals surface area contributed by atoms with Crippen LogP contribution in [0.2, 0.25) is 0 Å². The number of hydrogen-bond acceptors (Lipinski definition) is 4. The number of thiophene rings is 1. The van der Waals surface area contributed by atoms with Crippen LogP contribution in [0.3, 0.4) is 0 Å². The van der Waals surface area contributed by atoms with Gasteiger partial charge in [0, 0.05) is 10.6 Å². The third-order valence-electron chi connectivity index (χ3n) is 5.04. The van der Waals surface area contributed by atoms with E-state index in [1.54, 1.807) is 30.3 Å². The smallest absolute Gasteiger partial charge is 0.325 e. The Bertz CT molecular complexity index is 1380. The average molecular weight is 420 g/mol. The van der Waals surface area contributed by atoms with Gasteiger partial charge in [0.15, 0.2) is 0 Å². The maximum atomic E-state index is 13.3. The van der Waals surface area contributed by atoms with Crippen molar-refractivity contribution in [2.24, 2.45) is 0 Å². The third-order valence-corrected chi connectivity index (χ3v) is 6.12. The quantitative estimate of drug-likeness (QED) is 0.547. The molecule has 2 aromatic heterocycles. The first-order chi connectivity index (χ1) is 14.3. The minimum atomic E-state index is -0.532. The van der Waals surface area contributed by atoms with Crippen molar-refractivity contribution in [3.8, 4) is 5.69 Å². The molecular formula is C23H21N3O3S. The number of nitrogens with one attached hydrogen (secondary N) is 1. The first-order valence-corrected chi connectivity index (χ1v) is 10.4. The average Bonchev–Trinajstić information content (AvgIpc) is 3.11.